The molecule has 0 saturated carbocycles. The molecule has 2 rings (SSSR count). The van der Waals surface area contributed by atoms with Gasteiger partial charge in [0.25, 0.3) is 0 Å². The summed E-state index contributed by atoms with van der Waals surface area (Å²) < 4.78 is 2.04. The number of urea groups is 1. The maximum Gasteiger partial charge on any atom is 0.314 e. The van der Waals surface area contributed by atoms with E-state index in [0.29, 0.717) is 13.1 Å². The molecule has 108 valence electrons. The predicted molar refractivity (Wildman–Crippen MR) is 80.9 cm³/mol. The summed E-state index contributed by atoms with van der Waals surface area (Å²) in [6, 6.07) is 4.03. The molecule has 0 atom stereocenters. The zero-order chi connectivity index (χ0) is 14.0. The molecule has 0 aliphatic heterocycles. The standard InChI is InChI=1S/C14H20N4OS/c19-14(17-7-5-13-4-3-11-20-13)16-6-1-2-9-18-10-8-15-12-18/h3-4,8,10-12H,1-2,5-7,9H2,(H2,16,17,19). The van der Waals surface area contributed by atoms with Crippen LogP contribution in [0, 0.1) is 0 Å². The van der Waals surface area contributed by atoms with Crippen molar-refractivity contribution in [3.05, 3.63) is 41.1 Å². The monoisotopic (exact) mass is 292 g/mol. The third kappa shape index (κ3) is 5.44. The van der Waals surface area contributed by atoms with Crippen LogP contribution in [0.15, 0.2) is 36.2 Å². The number of rotatable bonds is 8. The first kappa shape index (κ1) is 14.6. The number of amides is 2. The Hall–Kier alpha value is -1.82. The molecule has 2 heterocycles. The van der Waals surface area contributed by atoms with Crippen LogP contribution in [0.1, 0.15) is 17.7 Å². The van der Waals surface area contributed by atoms with Gasteiger partial charge in [0.1, 0.15) is 0 Å². The molecule has 2 amide bonds. The fourth-order valence-corrected chi connectivity index (χ4v) is 2.57. The third-order valence-electron chi connectivity index (χ3n) is 2.92. The molecule has 0 aliphatic rings. The highest BCUT2D eigenvalue weighted by atomic mass is 32.1. The first-order valence-electron chi connectivity index (χ1n) is 6.84. The lowest BCUT2D eigenvalue weighted by molar-refractivity contribution is 0.241. The lowest BCUT2D eigenvalue weighted by Gasteiger charge is -2.07. The molecule has 5 nitrogen and oxygen atoms in total. The maximum absolute atomic E-state index is 11.5. The summed E-state index contributed by atoms with van der Waals surface area (Å²) in [6.07, 6.45) is 8.43. The van der Waals surface area contributed by atoms with Crippen molar-refractivity contribution in [1.82, 2.24) is 20.2 Å². The second kappa shape index (κ2) is 8.37. The summed E-state index contributed by atoms with van der Waals surface area (Å²) >= 11 is 1.72. The summed E-state index contributed by atoms with van der Waals surface area (Å²) in [6.45, 7) is 2.34. The highest BCUT2D eigenvalue weighted by Gasteiger charge is 1.99. The van der Waals surface area contributed by atoms with Crippen LogP contribution in [-0.2, 0) is 13.0 Å². The molecule has 0 unspecified atom stereocenters. The van der Waals surface area contributed by atoms with Crippen molar-refractivity contribution in [2.45, 2.75) is 25.8 Å². The topological polar surface area (TPSA) is 59.0 Å². The smallest absolute Gasteiger partial charge is 0.314 e. The minimum absolute atomic E-state index is 0.0795. The van der Waals surface area contributed by atoms with Crippen molar-refractivity contribution in [2.75, 3.05) is 13.1 Å². The van der Waals surface area contributed by atoms with Gasteiger partial charge in [-0.05, 0) is 30.7 Å². The van der Waals surface area contributed by atoms with E-state index in [-0.39, 0.29) is 6.03 Å². The molecular weight excluding hydrogens is 272 g/mol. The van der Waals surface area contributed by atoms with Gasteiger partial charge in [-0.1, -0.05) is 6.07 Å². The van der Waals surface area contributed by atoms with E-state index in [2.05, 4.69) is 27.1 Å². The molecule has 2 aromatic rings. The molecule has 20 heavy (non-hydrogen) atoms. The number of hydrogen-bond acceptors (Lipinski definition) is 3. The number of hydrogen-bond donors (Lipinski definition) is 2. The third-order valence-corrected chi connectivity index (χ3v) is 3.86. The van der Waals surface area contributed by atoms with Crippen molar-refractivity contribution in [1.29, 1.82) is 0 Å². The Bertz CT molecular complexity index is 481. The zero-order valence-electron chi connectivity index (χ0n) is 11.4. The van der Waals surface area contributed by atoms with Gasteiger partial charge in [0.05, 0.1) is 6.33 Å². The minimum atomic E-state index is -0.0795. The molecule has 0 radical (unpaired) electrons. The average molecular weight is 292 g/mol. The van der Waals surface area contributed by atoms with Gasteiger partial charge in [-0.15, -0.1) is 11.3 Å². The second-order valence-electron chi connectivity index (χ2n) is 4.52. The van der Waals surface area contributed by atoms with Crippen LogP contribution in [-0.4, -0.2) is 28.7 Å². The maximum atomic E-state index is 11.5. The molecule has 2 aromatic heterocycles. The normalized spacial score (nSPS) is 10.4. The van der Waals surface area contributed by atoms with Crippen molar-refractivity contribution in [2.24, 2.45) is 0 Å². The van der Waals surface area contributed by atoms with Crippen molar-refractivity contribution >= 4 is 17.4 Å². The Morgan fingerprint density at radius 1 is 1.30 bits per heavy atom. The predicted octanol–water partition coefficient (Wildman–Crippen LogP) is 2.27. The van der Waals surface area contributed by atoms with Gasteiger partial charge in [-0.3, -0.25) is 0 Å². The van der Waals surface area contributed by atoms with Crippen LogP contribution >= 0.6 is 11.3 Å². The first-order valence-corrected chi connectivity index (χ1v) is 7.72. The number of aryl methyl sites for hydroxylation is 1. The SMILES string of the molecule is O=C(NCCCCn1ccnc1)NCCc1cccs1. The van der Waals surface area contributed by atoms with E-state index in [1.807, 2.05) is 23.2 Å². The number of carbonyl (C=O) groups is 1. The van der Waals surface area contributed by atoms with E-state index in [9.17, 15) is 4.79 Å². The number of aromatic nitrogens is 2. The van der Waals surface area contributed by atoms with E-state index in [0.717, 1.165) is 25.8 Å². The quantitative estimate of drug-likeness (QED) is 0.733. The van der Waals surface area contributed by atoms with Gasteiger partial charge in [-0.2, -0.15) is 0 Å². The largest absolute Gasteiger partial charge is 0.338 e. The van der Waals surface area contributed by atoms with Gasteiger partial charge < -0.3 is 15.2 Å². The van der Waals surface area contributed by atoms with E-state index in [4.69, 9.17) is 0 Å². The van der Waals surface area contributed by atoms with Crippen LogP contribution in [0.4, 0.5) is 4.79 Å². The van der Waals surface area contributed by atoms with E-state index in [1.54, 1.807) is 17.5 Å². The Morgan fingerprint density at radius 3 is 2.95 bits per heavy atom. The number of nitrogens with zero attached hydrogens (tertiary/aromatic N) is 2. The van der Waals surface area contributed by atoms with Gasteiger partial charge in [0, 0.05) is 36.9 Å². The molecule has 0 aromatic carbocycles. The molecule has 0 saturated heterocycles. The van der Waals surface area contributed by atoms with Crippen LogP contribution in [0.25, 0.3) is 0 Å². The molecule has 6 heteroatoms. The van der Waals surface area contributed by atoms with Crippen LogP contribution < -0.4 is 10.6 Å². The fourth-order valence-electron chi connectivity index (χ4n) is 1.86. The lowest BCUT2D eigenvalue weighted by atomic mass is 10.3. The summed E-state index contributed by atoms with van der Waals surface area (Å²) in [5.74, 6) is 0. The van der Waals surface area contributed by atoms with Crippen LogP contribution in [0.5, 0.6) is 0 Å². The lowest BCUT2D eigenvalue weighted by Crippen LogP contribution is -2.37. The summed E-state index contributed by atoms with van der Waals surface area (Å²) in [5, 5.41) is 7.79. The second-order valence-corrected chi connectivity index (χ2v) is 5.55. The van der Waals surface area contributed by atoms with Crippen molar-refractivity contribution in [3.8, 4) is 0 Å². The van der Waals surface area contributed by atoms with Gasteiger partial charge >= 0.3 is 6.03 Å². The number of nitrogens with one attached hydrogen (secondary N) is 2. The van der Waals surface area contributed by atoms with Crippen molar-refractivity contribution < 1.29 is 4.79 Å². The zero-order valence-corrected chi connectivity index (χ0v) is 12.2. The molecule has 0 fully saturated rings. The Morgan fingerprint density at radius 2 is 2.20 bits per heavy atom. The van der Waals surface area contributed by atoms with E-state index in [1.165, 1.54) is 4.88 Å². The highest BCUT2D eigenvalue weighted by Crippen LogP contribution is 2.07. The Kier molecular flexibility index (Phi) is 6.10. The molecule has 2 N–H and O–H groups in total. The average Bonchev–Trinajstić information content (AvgIpc) is 3.11. The Balaban J connectivity index is 1.45. The van der Waals surface area contributed by atoms with Crippen LogP contribution in [0.3, 0.4) is 0 Å². The molecule has 0 spiro atoms. The Labute approximate surface area is 123 Å². The van der Waals surface area contributed by atoms with Crippen molar-refractivity contribution in [3.63, 3.8) is 0 Å². The molecule has 0 bridgehead atoms. The number of imidazole rings is 1. The highest BCUT2D eigenvalue weighted by molar-refractivity contribution is 7.09. The summed E-state index contributed by atoms with van der Waals surface area (Å²) in [5.41, 5.74) is 0. The van der Waals surface area contributed by atoms with Gasteiger partial charge in [-0.25, -0.2) is 9.78 Å². The summed E-state index contributed by atoms with van der Waals surface area (Å²) in [7, 11) is 0. The van der Waals surface area contributed by atoms with E-state index < -0.39 is 0 Å². The van der Waals surface area contributed by atoms with Crippen LogP contribution in [0.2, 0.25) is 0 Å². The van der Waals surface area contributed by atoms with Gasteiger partial charge in [0.2, 0.25) is 0 Å². The first-order chi connectivity index (χ1) is 9.84. The summed E-state index contributed by atoms with van der Waals surface area (Å²) in [4.78, 5) is 16.8. The number of unbranched alkanes of at least 4 members (excludes halogenated alkanes) is 1. The van der Waals surface area contributed by atoms with E-state index >= 15 is 0 Å². The molecule has 0 aliphatic carbocycles. The number of carbonyl (C=O) groups excluding carboxylic acids is 1. The number of thiophene rings is 1. The molecular formula is C14H20N4OS. The fraction of sp³-hybridized carbons (Fsp3) is 0.429. The van der Waals surface area contributed by atoms with Gasteiger partial charge in [0.15, 0.2) is 0 Å². The minimum Gasteiger partial charge on any atom is -0.338 e.